The number of halogens is 1. The molecule has 0 bridgehead atoms. The Kier molecular flexibility index (Phi) is 4.72. The quantitative estimate of drug-likeness (QED) is 0.576. The van der Waals surface area contributed by atoms with E-state index in [1.807, 2.05) is 0 Å². The number of hydrogen-bond donors (Lipinski definition) is 2. The van der Waals surface area contributed by atoms with Crippen molar-refractivity contribution >= 4 is 29.5 Å². The van der Waals surface area contributed by atoms with Gasteiger partial charge in [-0.2, -0.15) is 0 Å². The lowest BCUT2D eigenvalue weighted by atomic mass is 10.0. The Bertz CT molecular complexity index is 945. The zero-order chi connectivity index (χ0) is 20.0. The number of likely N-dealkylation sites (tertiary alicyclic amines) is 1. The van der Waals surface area contributed by atoms with Gasteiger partial charge in [-0.05, 0) is 24.1 Å². The molecule has 3 N–H and O–H groups in total. The maximum absolute atomic E-state index is 13.9. The highest BCUT2D eigenvalue weighted by atomic mass is 32.2. The number of nitrogens with two attached hydrogens (primary N) is 1. The number of amides is 2. The van der Waals surface area contributed by atoms with Gasteiger partial charge in [0.2, 0.25) is 11.8 Å². The standard InChI is InChI=1S/C19H18FN3O4S/c20-13-4-2-1-3-11(13)8-22-6-5-10(16(22)24)7-12-9-28-18-14(21)17(25)23(18)15(12)19(26)27/h1-4,7,14,18H,5-6,8-9,21H2,(H,26,27)/b10-7+/t14-,18-/m1/s1. The summed E-state index contributed by atoms with van der Waals surface area (Å²) in [5.41, 5.74) is 6.94. The van der Waals surface area contributed by atoms with Crippen LogP contribution in [0, 0.1) is 5.82 Å². The Morgan fingerprint density at radius 1 is 1.36 bits per heavy atom. The monoisotopic (exact) mass is 403 g/mol. The average molecular weight is 403 g/mol. The van der Waals surface area contributed by atoms with E-state index < -0.39 is 17.9 Å². The summed E-state index contributed by atoms with van der Waals surface area (Å²) in [6.07, 6.45) is 2.00. The van der Waals surface area contributed by atoms with Crippen LogP contribution in [0.1, 0.15) is 12.0 Å². The van der Waals surface area contributed by atoms with Crippen LogP contribution < -0.4 is 5.73 Å². The number of rotatable bonds is 4. The highest BCUT2D eigenvalue weighted by molar-refractivity contribution is 8.00. The summed E-state index contributed by atoms with van der Waals surface area (Å²) in [4.78, 5) is 39.2. The van der Waals surface area contributed by atoms with Crippen molar-refractivity contribution in [2.75, 3.05) is 12.3 Å². The Morgan fingerprint density at radius 3 is 2.82 bits per heavy atom. The van der Waals surface area contributed by atoms with Gasteiger partial charge in [-0.25, -0.2) is 9.18 Å². The van der Waals surface area contributed by atoms with Gasteiger partial charge in [0, 0.05) is 30.0 Å². The zero-order valence-electron chi connectivity index (χ0n) is 14.8. The van der Waals surface area contributed by atoms with E-state index >= 15 is 0 Å². The topological polar surface area (TPSA) is 104 Å². The predicted octanol–water partition coefficient (Wildman–Crippen LogP) is 1.07. The first kappa shape index (κ1) is 18.7. The fraction of sp³-hybridized carbons (Fsp3) is 0.316. The number of hydrogen-bond acceptors (Lipinski definition) is 5. The fourth-order valence-corrected chi connectivity index (χ4v) is 4.90. The molecule has 0 unspecified atom stereocenters. The van der Waals surface area contributed by atoms with E-state index in [1.165, 1.54) is 27.6 Å². The molecule has 3 aliphatic rings. The van der Waals surface area contributed by atoms with Crippen molar-refractivity contribution in [2.45, 2.75) is 24.4 Å². The largest absolute Gasteiger partial charge is 0.477 e. The van der Waals surface area contributed by atoms with Crippen molar-refractivity contribution in [2.24, 2.45) is 5.73 Å². The third kappa shape index (κ3) is 3.00. The van der Waals surface area contributed by atoms with Crippen LogP contribution in [0.15, 0.2) is 47.2 Å². The van der Waals surface area contributed by atoms with Crippen molar-refractivity contribution in [3.63, 3.8) is 0 Å². The molecule has 0 aromatic heterocycles. The van der Waals surface area contributed by atoms with Gasteiger partial charge >= 0.3 is 5.97 Å². The second-order valence-corrected chi connectivity index (χ2v) is 7.96. The normalized spacial score (nSPS) is 26.0. The van der Waals surface area contributed by atoms with E-state index in [0.717, 1.165) is 0 Å². The van der Waals surface area contributed by atoms with Crippen LogP contribution in [0.25, 0.3) is 0 Å². The molecule has 2 fully saturated rings. The van der Waals surface area contributed by atoms with Gasteiger partial charge in [0.15, 0.2) is 0 Å². The lowest BCUT2D eigenvalue weighted by Gasteiger charge is -2.47. The molecule has 3 heterocycles. The van der Waals surface area contributed by atoms with E-state index in [2.05, 4.69) is 0 Å². The van der Waals surface area contributed by atoms with Crippen LogP contribution in [0.5, 0.6) is 0 Å². The van der Waals surface area contributed by atoms with Crippen molar-refractivity contribution in [1.29, 1.82) is 0 Å². The molecule has 1 aromatic rings. The SMILES string of the molecule is N[C@@H]1C(=O)N2C(C(=O)O)=C(/C=C3\CCN(Cc4ccccc4F)C3=O)CS[C@H]12. The van der Waals surface area contributed by atoms with Crippen molar-refractivity contribution in [3.05, 3.63) is 58.6 Å². The van der Waals surface area contributed by atoms with Crippen LogP contribution in [0.4, 0.5) is 4.39 Å². The molecule has 1 aromatic carbocycles. The number of carbonyl (C=O) groups excluding carboxylic acids is 2. The van der Waals surface area contributed by atoms with Crippen LogP contribution >= 0.6 is 11.8 Å². The van der Waals surface area contributed by atoms with Crippen LogP contribution in [0.3, 0.4) is 0 Å². The minimum atomic E-state index is -1.22. The zero-order valence-corrected chi connectivity index (χ0v) is 15.6. The van der Waals surface area contributed by atoms with Crippen LogP contribution in [-0.4, -0.2) is 56.4 Å². The molecule has 9 heteroatoms. The molecule has 0 saturated carbocycles. The number of fused-ring (bicyclic) bond motifs is 1. The smallest absolute Gasteiger partial charge is 0.352 e. The van der Waals surface area contributed by atoms with Crippen LogP contribution in [0.2, 0.25) is 0 Å². The third-order valence-electron chi connectivity index (χ3n) is 5.12. The highest BCUT2D eigenvalue weighted by Gasteiger charge is 2.51. The molecule has 0 aliphatic carbocycles. The molecule has 2 amide bonds. The number of β-lactam (4-membered cyclic amide) rings is 1. The summed E-state index contributed by atoms with van der Waals surface area (Å²) < 4.78 is 13.9. The van der Waals surface area contributed by atoms with Gasteiger partial charge in [0.05, 0.1) is 0 Å². The summed E-state index contributed by atoms with van der Waals surface area (Å²) in [5.74, 6) is -1.91. The number of carboxylic acids is 1. The minimum Gasteiger partial charge on any atom is -0.477 e. The summed E-state index contributed by atoms with van der Waals surface area (Å²) in [5, 5.41) is 9.21. The second-order valence-electron chi connectivity index (χ2n) is 6.85. The van der Waals surface area contributed by atoms with Crippen LogP contribution in [-0.2, 0) is 20.9 Å². The molecule has 28 heavy (non-hydrogen) atoms. The van der Waals surface area contributed by atoms with Crippen molar-refractivity contribution < 1.29 is 23.9 Å². The molecule has 2 saturated heterocycles. The summed E-state index contributed by atoms with van der Waals surface area (Å²) in [6, 6.07) is 5.59. The van der Waals surface area contributed by atoms with E-state index in [0.29, 0.717) is 35.4 Å². The molecule has 3 aliphatic heterocycles. The number of benzene rings is 1. The van der Waals surface area contributed by atoms with Gasteiger partial charge in [0.1, 0.15) is 22.9 Å². The molecule has 146 valence electrons. The Hall–Kier alpha value is -2.65. The number of aliphatic carboxylic acids is 1. The first-order valence-corrected chi connectivity index (χ1v) is 9.83. The number of allylic oxidation sites excluding steroid dienone is 1. The molecule has 7 nitrogen and oxygen atoms in total. The Labute approximate surface area is 164 Å². The summed E-state index contributed by atoms with van der Waals surface area (Å²) in [6.45, 7) is 0.585. The van der Waals surface area contributed by atoms with Gasteiger partial charge < -0.3 is 15.7 Å². The third-order valence-corrected chi connectivity index (χ3v) is 6.45. The number of carbonyl (C=O) groups is 3. The molecular weight excluding hydrogens is 385 g/mol. The van der Waals surface area contributed by atoms with E-state index in [9.17, 15) is 23.9 Å². The first-order valence-electron chi connectivity index (χ1n) is 8.78. The lowest BCUT2D eigenvalue weighted by molar-refractivity contribution is -0.147. The number of carboxylic acid groups (broad SMARTS) is 1. The molecule has 0 radical (unpaired) electrons. The van der Waals surface area contributed by atoms with Gasteiger partial charge in [-0.3, -0.25) is 14.5 Å². The maximum Gasteiger partial charge on any atom is 0.352 e. The molecular formula is C19H18FN3O4S. The first-order chi connectivity index (χ1) is 13.4. The van der Waals surface area contributed by atoms with Crippen molar-refractivity contribution in [1.82, 2.24) is 9.80 Å². The van der Waals surface area contributed by atoms with Crippen molar-refractivity contribution in [3.8, 4) is 0 Å². The van der Waals surface area contributed by atoms with Gasteiger partial charge in [-0.1, -0.05) is 18.2 Å². The van der Waals surface area contributed by atoms with Gasteiger partial charge in [-0.15, -0.1) is 11.8 Å². The second kappa shape index (κ2) is 7.06. The molecule has 0 spiro atoms. The van der Waals surface area contributed by atoms with E-state index in [1.54, 1.807) is 24.3 Å². The number of thioether (sulfide) groups is 1. The summed E-state index contributed by atoms with van der Waals surface area (Å²) >= 11 is 1.38. The number of nitrogens with zero attached hydrogens (tertiary/aromatic N) is 2. The fourth-order valence-electron chi connectivity index (χ4n) is 3.65. The minimum absolute atomic E-state index is 0.108. The maximum atomic E-state index is 13.9. The van der Waals surface area contributed by atoms with E-state index in [4.69, 9.17) is 5.73 Å². The summed E-state index contributed by atoms with van der Waals surface area (Å²) in [7, 11) is 0. The van der Waals surface area contributed by atoms with Gasteiger partial charge in [0.25, 0.3) is 0 Å². The molecule has 2 atom stereocenters. The highest BCUT2D eigenvalue weighted by Crippen LogP contribution is 2.40. The molecule has 4 rings (SSSR count). The predicted molar refractivity (Wildman–Crippen MR) is 100 cm³/mol. The lowest BCUT2D eigenvalue weighted by Crippen LogP contribution is -2.68. The van der Waals surface area contributed by atoms with E-state index in [-0.39, 0.29) is 29.3 Å². The average Bonchev–Trinajstić information content (AvgIpc) is 3.02. The Morgan fingerprint density at radius 2 is 2.11 bits per heavy atom. The Balaban J connectivity index is 1.58.